The molecule has 22 heavy (non-hydrogen) atoms. The molecule has 9 heteroatoms. The molecule has 1 rings (SSSR count). The van der Waals surface area contributed by atoms with Crippen molar-refractivity contribution in [2.24, 2.45) is 4.40 Å². The van der Waals surface area contributed by atoms with Crippen LogP contribution in [0.15, 0.2) is 4.40 Å². The highest BCUT2D eigenvalue weighted by molar-refractivity contribution is 7.93. The Morgan fingerprint density at radius 1 is 1.45 bits per heavy atom. The number of amides is 1. The summed E-state index contributed by atoms with van der Waals surface area (Å²) in [6.07, 6.45) is 0.964. The number of unbranched alkanes of at least 4 members (excludes halogenated alkanes) is 1. The first-order chi connectivity index (χ1) is 10.2. The average molecular weight is 333 g/mol. The van der Waals surface area contributed by atoms with Crippen molar-refractivity contribution < 1.29 is 23.7 Å². The Morgan fingerprint density at radius 3 is 2.64 bits per heavy atom. The third kappa shape index (κ3) is 6.99. The van der Waals surface area contributed by atoms with E-state index < -0.39 is 23.7 Å². The molecule has 1 aliphatic heterocycles. The van der Waals surface area contributed by atoms with Gasteiger partial charge in [0.15, 0.2) is 12.2 Å². The minimum atomic E-state index is -1.07. The van der Waals surface area contributed by atoms with E-state index in [2.05, 4.69) is 9.71 Å². The van der Waals surface area contributed by atoms with Gasteiger partial charge in [0.05, 0.1) is 0 Å². The van der Waals surface area contributed by atoms with Crippen LogP contribution >= 0.6 is 12.2 Å². The maximum Gasteiger partial charge on any atom is 0.408 e. The summed E-state index contributed by atoms with van der Waals surface area (Å²) >= 11 is 1.02. The Morgan fingerprint density at radius 2 is 2.14 bits per heavy atom. The highest BCUT2D eigenvalue weighted by Gasteiger charge is 2.23. The lowest BCUT2D eigenvalue weighted by Gasteiger charge is -2.22. The van der Waals surface area contributed by atoms with Gasteiger partial charge in [-0.25, -0.2) is 14.7 Å². The normalized spacial score (nSPS) is 16.2. The fourth-order valence-corrected chi connectivity index (χ4v) is 2.22. The fourth-order valence-electron chi connectivity index (χ4n) is 1.72. The fraction of sp³-hybridized carbons (Fsp3) is 0.769. The van der Waals surface area contributed by atoms with Gasteiger partial charge >= 0.3 is 12.1 Å². The van der Waals surface area contributed by atoms with Crippen LogP contribution in [0, 0.1) is 0 Å². The summed E-state index contributed by atoms with van der Waals surface area (Å²) in [4.78, 5) is 22.8. The van der Waals surface area contributed by atoms with Gasteiger partial charge in [-0.3, -0.25) is 0 Å². The van der Waals surface area contributed by atoms with E-state index in [0.29, 0.717) is 19.4 Å². The number of nitrogens with one attached hydrogen (secondary N) is 1. The number of carbonyl (C=O) groups is 2. The van der Waals surface area contributed by atoms with Crippen molar-refractivity contribution in [3.8, 4) is 0 Å². The Hall–Kier alpha value is -1.48. The van der Waals surface area contributed by atoms with E-state index in [1.54, 1.807) is 25.8 Å². The highest BCUT2D eigenvalue weighted by Crippen LogP contribution is 2.19. The number of hydrogen-bond acceptors (Lipinski definition) is 7. The molecule has 0 aromatic carbocycles. The Kier molecular flexibility index (Phi) is 6.95. The largest absolute Gasteiger partial charge is 0.480 e. The third-order valence-corrected chi connectivity index (χ3v) is 3.33. The van der Waals surface area contributed by atoms with E-state index in [1.165, 1.54) is 0 Å². The van der Waals surface area contributed by atoms with Gasteiger partial charge in [-0.15, -0.1) is 0 Å². The standard InChI is InChI=1S/C13H23N3O5S/c1-9-15-22-21-16(9)8-6-5-7-10(11(17)18)14-12(19)20-13(2,3)4/h10H,5-8H2,1-4H3,(H,14,19)(H,17,18). The Labute approximate surface area is 134 Å². The number of amidine groups is 1. The molecule has 0 aliphatic carbocycles. The van der Waals surface area contributed by atoms with E-state index in [9.17, 15) is 9.59 Å². The molecule has 0 spiro atoms. The maximum absolute atomic E-state index is 11.6. The molecule has 1 atom stereocenters. The number of aliphatic carboxylic acids is 1. The number of hydroxylamine groups is 2. The van der Waals surface area contributed by atoms with E-state index in [1.807, 2.05) is 6.92 Å². The van der Waals surface area contributed by atoms with Gasteiger partial charge in [-0.05, 0) is 47.0 Å². The van der Waals surface area contributed by atoms with Crippen LogP contribution in [0.3, 0.4) is 0 Å². The Bertz CT molecular complexity index is 436. The van der Waals surface area contributed by atoms with Crippen molar-refractivity contribution in [3.63, 3.8) is 0 Å². The zero-order valence-electron chi connectivity index (χ0n) is 13.3. The molecule has 1 amide bonds. The average Bonchev–Trinajstić information content (AvgIpc) is 2.76. The quantitative estimate of drug-likeness (QED) is 0.419. The SMILES string of the molecule is CC1=NSON1CCCCC(NC(=O)OC(C)(C)C)C(=O)O. The van der Waals surface area contributed by atoms with Gasteiger partial charge in [0.2, 0.25) is 0 Å². The van der Waals surface area contributed by atoms with Crippen molar-refractivity contribution in [3.05, 3.63) is 0 Å². The predicted octanol–water partition coefficient (Wildman–Crippen LogP) is 2.36. The van der Waals surface area contributed by atoms with E-state index >= 15 is 0 Å². The van der Waals surface area contributed by atoms with Crippen molar-refractivity contribution in [1.29, 1.82) is 0 Å². The monoisotopic (exact) mass is 333 g/mol. The zero-order chi connectivity index (χ0) is 16.8. The summed E-state index contributed by atoms with van der Waals surface area (Å²) < 4.78 is 14.2. The summed E-state index contributed by atoms with van der Waals surface area (Å²) in [6.45, 7) is 7.63. The summed E-state index contributed by atoms with van der Waals surface area (Å²) in [7, 11) is 0. The molecule has 1 unspecified atom stereocenters. The number of hydrogen-bond donors (Lipinski definition) is 2. The molecule has 0 aromatic heterocycles. The van der Waals surface area contributed by atoms with Crippen molar-refractivity contribution >= 4 is 30.1 Å². The van der Waals surface area contributed by atoms with Crippen LogP contribution in [0.2, 0.25) is 0 Å². The zero-order valence-corrected chi connectivity index (χ0v) is 14.1. The van der Waals surface area contributed by atoms with Crippen LogP contribution in [0.5, 0.6) is 0 Å². The molecule has 1 heterocycles. The number of alkyl carbamates (subject to hydrolysis) is 1. The first-order valence-electron chi connectivity index (χ1n) is 7.07. The molecule has 8 nitrogen and oxygen atoms in total. The molecule has 0 radical (unpaired) electrons. The van der Waals surface area contributed by atoms with Crippen LogP contribution in [0.25, 0.3) is 0 Å². The van der Waals surface area contributed by atoms with Gasteiger partial charge < -0.3 is 15.2 Å². The number of carboxylic acid groups (broad SMARTS) is 1. The van der Waals surface area contributed by atoms with E-state index in [4.69, 9.17) is 14.1 Å². The smallest absolute Gasteiger partial charge is 0.408 e. The summed E-state index contributed by atoms with van der Waals surface area (Å²) in [5, 5.41) is 13.2. The minimum Gasteiger partial charge on any atom is -0.480 e. The number of carbonyl (C=O) groups excluding carboxylic acids is 1. The molecule has 0 saturated carbocycles. The highest BCUT2D eigenvalue weighted by atomic mass is 32.2. The van der Waals surface area contributed by atoms with Gasteiger partial charge in [-0.1, -0.05) is 0 Å². The molecule has 126 valence electrons. The van der Waals surface area contributed by atoms with E-state index in [0.717, 1.165) is 24.5 Å². The number of nitrogens with zero attached hydrogens (tertiary/aromatic N) is 2. The second-order valence-electron chi connectivity index (χ2n) is 5.92. The van der Waals surface area contributed by atoms with Crippen LogP contribution in [-0.2, 0) is 13.8 Å². The second-order valence-corrected chi connectivity index (χ2v) is 6.40. The van der Waals surface area contributed by atoms with Crippen LogP contribution in [0.1, 0.15) is 47.0 Å². The number of rotatable bonds is 7. The van der Waals surface area contributed by atoms with Crippen LogP contribution in [0.4, 0.5) is 4.79 Å². The maximum atomic E-state index is 11.6. The molecule has 1 aliphatic rings. The van der Waals surface area contributed by atoms with Gasteiger partial charge in [-0.2, -0.15) is 8.68 Å². The lowest BCUT2D eigenvalue weighted by atomic mass is 10.1. The molecular weight excluding hydrogens is 310 g/mol. The molecular formula is C13H23N3O5S. The third-order valence-electron chi connectivity index (χ3n) is 2.75. The predicted molar refractivity (Wildman–Crippen MR) is 83.1 cm³/mol. The molecule has 0 saturated heterocycles. The summed E-state index contributed by atoms with van der Waals surface area (Å²) in [6, 6.07) is -0.960. The second kappa shape index (κ2) is 8.23. The lowest BCUT2D eigenvalue weighted by molar-refractivity contribution is -0.139. The van der Waals surface area contributed by atoms with Gasteiger partial charge in [0, 0.05) is 6.54 Å². The molecule has 0 bridgehead atoms. The van der Waals surface area contributed by atoms with E-state index in [-0.39, 0.29) is 0 Å². The van der Waals surface area contributed by atoms with Crippen LogP contribution < -0.4 is 5.32 Å². The van der Waals surface area contributed by atoms with Crippen molar-refractivity contribution in [2.45, 2.75) is 58.6 Å². The Balaban J connectivity index is 2.30. The number of ether oxygens (including phenoxy) is 1. The van der Waals surface area contributed by atoms with Crippen molar-refractivity contribution in [1.82, 2.24) is 10.4 Å². The van der Waals surface area contributed by atoms with Gasteiger partial charge in [0.25, 0.3) is 0 Å². The molecule has 0 aromatic rings. The first-order valence-corrected chi connectivity index (χ1v) is 7.77. The first kappa shape index (κ1) is 18.6. The summed E-state index contributed by atoms with van der Waals surface area (Å²) in [5.41, 5.74) is -0.658. The topological polar surface area (TPSA) is 100 Å². The lowest BCUT2D eigenvalue weighted by Crippen LogP contribution is -2.43. The van der Waals surface area contributed by atoms with Gasteiger partial charge in [0.1, 0.15) is 17.5 Å². The molecule has 0 fully saturated rings. The van der Waals surface area contributed by atoms with Crippen molar-refractivity contribution in [2.75, 3.05) is 6.54 Å². The number of carboxylic acids is 1. The van der Waals surface area contributed by atoms with Crippen LogP contribution in [-0.4, -0.2) is 46.3 Å². The molecule has 2 N–H and O–H groups in total. The minimum absolute atomic E-state index is 0.325. The summed E-state index contributed by atoms with van der Waals surface area (Å²) in [5.74, 6) is -0.289.